The lowest BCUT2D eigenvalue weighted by Crippen LogP contribution is -2.29. The summed E-state index contributed by atoms with van der Waals surface area (Å²) in [5, 5.41) is 0.439. The van der Waals surface area contributed by atoms with Crippen molar-refractivity contribution in [1.29, 1.82) is 0 Å². The molecule has 1 heterocycles. The summed E-state index contributed by atoms with van der Waals surface area (Å²) < 4.78 is 0. The van der Waals surface area contributed by atoms with E-state index in [9.17, 15) is 9.59 Å². The molecule has 1 amide bonds. The summed E-state index contributed by atoms with van der Waals surface area (Å²) in [7, 11) is 0. The molecule has 5 heteroatoms. The summed E-state index contributed by atoms with van der Waals surface area (Å²) >= 11 is 11.2. The number of benzene rings is 1. The Hall–Kier alpha value is -1.32. The van der Waals surface area contributed by atoms with E-state index in [4.69, 9.17) is 23.2 Å². The van der Waals surface area contributed by atoms with E-state index in [0.29, 0.717) is 16.3 Å². The van der Waals surface area contributed by atoms with Crippen molar-refractivity contribution in [2.45, 2.75) is 0 Å². The fourth-order valence-corrected chi connectivity index (χ4v) is 1.85. The number of amides is 1. The molecule has 1 aliphatic heterocycles. The molecule has 0 atom stereocenters. The topological polar surface area (TPSA) is 37.4 Å². The van der Waals surface area contributed by atoms with Crippen LogP contribution in [-0.4, -0.2) is 18.2 Å². The summed E-state index contributed by atoms with van der Waals surface area (Å²) in [6.07, 6.45) is 1.59. The van der Waals surface area contributed by atoms with Gasteiger partial charge < -0.3 is 4.90 Å². The van der Waals surface area contributed by atoms with Gasteiger partial charge in [0.25, 0.3) is 11.7 Å². The van der Waals surface area contributed by atoms with Crippen molar-refractivity contribution in [2.24, 2.45) is 0 Å². The second-order valence-electron chi connectivity index (χ2n) is 3.27. The van der Waals surface area contributed by atoms with Crippen LogP contribution in [-0.2, 0) is 4.79 Å². The average molecular weight is 256 g/mol. The molecule has 0 unspecified atom stereocenters. The molecule has 16 heavy (non-hydrogen) atoms. The molecule has 0 N–H and O–H groups in total. The fraction of sp³-hybridized carbons (Fsp3) is 0.0909. The Morgan fingerprint density at radius 3 is 2.75 bits per heavy atom. The first-order valence-electron chi connectivity index (χ1n) is 4.56. The normalized spacial score (nSPS) is 15.0. The van der Waals surface area contributed by atoms with Crippen molar-refractivity contribution >= 4 is 40.6 Å². The van der Waals surface area contributed by atoms with Gasteiger partial charge >= 0.3 is 0 Å². The molecule has 0 aromatic heterocycles. The Kier molecular flexibility index (Phi) is 2.99. The third-order valence-electron chi connectivity index (χ3n) is 2.31. The summed E-state index contributed by atoms with van der Waals surface area (Å²) in [5.74, 6) is -1.08. The van der Waals surface area contributed by atoms with Crippen molar-refractivity contribution in [3.63, 3.8) is 0 Å². The number of hydrogen-bond acceptors (Lipinski definition) is 2. The first kappa shape index (κ1) is 11.2. The third-order valence-corrected chi connectivity index (χ3v) is 2.72. The highest BCUT2D eigenvalue weighted by Gasteiger charge is 2.34. The second kappa shape index (κ2) is 4.28. The number of hydrogen-bond donors (Lipinski definition) is 0. The maximum atomic E-state index is 11.6. The molecule has 2 rings (SSSR count). The number of halogens is 2. The van der Waals surface area contributed by atoms with Crippen molar-refractivity contribution in [3.05, 3.63) is 40.4 Å². The van der Waals surface area contributed by atoms with Crippen molar-refractivity contribution < 1.29 is 9.59 Å². The van der Waals surface area contributed by atoms with E-state index in [1.807, 2.05) is 0 Å². The standard InChI is InChI=1S/C11H7Cl2NO2/c12-4-1-5-14-9-3-2-7(13)6-8(9)10(15)11(14)16/h1-4,6H,5H2/b4-1+. The number of Topliss-reactive ketones (excluding diaryl/α,β-unsaturated/α-hetero) is 1. The number of fused-ring (bicyclic) bond motifs is 1. The molecule has 0 radical (unpaired) electrons. The third kappa shape index (κ3) is 1.72. The van der Waals surface area contributed by atoms with E-state index in [2.05, 4.69) is 0 Å². The smallest absolute Gasteiger partial charge is 0.299 e. The van der Waals surface area contributed by atoms with Crippen LogP contribution >= 0.6 is 23.2 Å². The van der Waals surface area contributed by atoms with Gasteiger partial charge in [0.15, 0.2) is 0 Å². The Balaban J connectivity index is 2.45. The van der Waals surface area contributed by atoms with Gasteiger partial charge in [0.2, 0.25) is 0 Å². The lowest BCUT2D eigenvalue weighted by Gasteiger charge is -2.13. The predicted molar refractivity (Wildman–Crippen MR) is 63.1 cm³/mol. The molecular weight excluding hydrogens is 249 g/mol. The van der Waals surface area contributed by atoms with E-state index in [1.54, 1.807) is 18.2 Å². The monoisotopic (exact) mass is 255 g/mol. The van der Waals surface area contributed by atoms with Crippen molar-refractivity contribution in [1.82, 2.24) is 0 Å². The van der Waals surface area contributed by atoms with Crippen LogP contribution in [0.1, 0.15) is 10.4 Å². The first-order valence-corrected chi connectivity index (χ1v) is 5.37. The van der Waals surface area contributed by atoms with Crippen molar-refractivity contribution in [3.8, 4) is 0 Å². The van der Waals surface area contributed by atoms with Gasteiger partial charge in [-0.2, -0.15) is 0 Å². The molecule has 1 aromatic rings. The molecular formula is C11H7Cl2NO2. The number of anilines is 1. The summed E-state index contributed by atoms with van der Waals surface area (Å²) in [6.45, 7) is 0.280. The van der Waals surface area contributed by atoms with Crippen LogP contribution in [0.5, 0.6) is 0 Å². The Morgan fingerprint density at radius 1 is 1.31 bits per heavy atom. The molecule has 0 bridgehead atoms. The molecule has 0 saturated heterocycles. The summed E-state index contributed by atoms with van der Waals surface area (Å²) in [4.78, 5) is 24.6. The van der Waals surface area contributed by atoms with Crippen LogP contribution in [0.25, 0.3) is 0 Å². The molecule has 0 aliphatic carbocycles. The Morgan fingerprint density at radius 2 is 2.06 bits per heavy atom. The van der Waals surface area contributed by atoms with E-state index in [1.165, 1.54) is 16.5 Å². The van der Waals surface area contributed by atoms with Gasteiger partial charge in [0.05, 0.1) is 11.3 Å². The number of carbonyl (C=O) groups excluding carboxylic acids is 2. The summed E-state index contributed by atoms with van der Waals surface area (Å²) in [5.41, 5.74) is 2.24. The van der Waals surface area contributed by atoms with Crippen LogP contribution in [0, 0.1) is 0 Å². The lowest BCUT2D eigenvalue weighted by atomic mass is 10.1. The SMILES string of the molecule is O=C1C(=O)N(C/C=C/Cl)c2ccc(Cl)cc21. The minimum absolute atomic E-state index is 0.280. The number of rotatable bonds is 2. The van der Waals surface area contributed by atoms with Crippen LogP contribution in [0.15, 0.2) is 29.8 Å². The molecule has 0 spiro atoms. The zero-order chi connectivity index (χ0) is 11.7. The number of nitrogens with zero attached hydrogens (tertiary/aromatic N) is 1. The first-order chi connectivity index (χ1) is 7.65. The van der Waals surface area contributed by atoms with Gasteiger partial charge in [-0.05, 0) is 18.2 Å². The maximum absolute atomic E-state index is 11.6. The second-order valence-corrected chi connectivity index (χ2v) is 3.96. The van der Waals surface area contributed by atoms with E-state index in [0.717, 1.165) is 0 Å². The van der Waals surface area contributed by atoms with Crippen LogP contribution in [0.3, 0.4) is 0 Å². The van der Waals surface area contributed by atoms with E-state index < -0.39 is 11.7 Å². The molecule has 1 aromatic carbocycles. The van der Waals surface area contributed by atoms with Crippen LogP contribution < -0.4 is 4.90 Å². The van der Waals surface area contributed by atoms with Gasteiger partial charge in [-0.25, -0.2) is 0 Å². The minimum atomic E-state index is -0.549. The molecule has 82 valence electrons. The minimum Gasteiger partial charge on any atom is -0.301 e. The Labute approximate surface area is 102 Å². The van der Waals surface area contributed by atoms with Gasteiger partial charge in [0, 0.05) is 17.1 Å². The fourth-order valence-electron chi connectivity index (χ4n) is 1.60. The van der Waals surface area contributed by atoms with Crippen LogP contribution in [0.2, 0.25) is 5.02 Å². The van der Waals surface area contributed by atoms with Crippen LogP contribution in [0.4, 0.5) is 5.69 Å². The van der Waals surface area contributed by atoms with Crippen molar-refractivity contribution in [2.75, 3.05) is 11.4 Å². The quantitative estimate of drug-likeness (QED) is 0.763. The van der Waals surface area contributed by atoms with Gasteiger partial charge in [0.1, 0.15) is 0 Å². The highest BCUT2D eigenvalue weighted by Crippen LogP contribution is 2.30. The Bertz CT molecular complexity index is 497. The maximum Gasteiger partial charge on any atom is 0.299 e. The predicted octanol–water partition coefficient (Wildman–Crippen LogP) is 2.62. The van der Waals surface area contributed by atoms with E-state index >= 15 is 0 Å². The number of carbonyl (C=O) groups is 2. The van der Waals surface area contributed by atoms with E-state index in [-0.39, 0.29) is 6.54 Å². The molecule has 0 fully saturated rings. The molecule has 1 aliphatic rings. The number of ketones is 1. The van der Waals surface area contributed by atoms with Gasteiger partial charge in [-0.1, -0.05) is 29.3 Å². The largest absolute Gasteiger partial charge is 0.301 e. The molecule has 0 saturated carbocycles. The highest BCUT2D eigenvalue weighted by molar-refractivity contribution is 6.52. The highest BCUT2D eigenvalue weighted by atomic mass is 35.5. The molecule has 3 nitrogen and oxygen atoms in total. The van der Waals surface area contributed by atoms with Gasteiger partial charge in [-0.15, -0.1) is 0 Å². The zero-order valence-electron chi connectivity index (χ0n) is 8.11. The van der Waals surface area contributed by atoms with Gasteiger partial charge in [-0.3, -0.25) is 9.59 Å². The zero-order valence-corrected chi connectivity index (χ0v) is 9.63. The lowest BCUT2D eigenvalue weighted by molar-refractivity contribution is -0.114. The summed E-state index contributed by atoms with van der Waals surface area (Å²) in [6, 6.07) is 4.80. The average Bonchev–Trinajstić information content (AvgIpc) is 2.50.